The van der Waals surface area contributed by atoms with Crippen molar-refractivity contribution in [2.75, 3.05) is 4.72 Å². The highest BCUT2D eigenvalue weighted by Crippen LogP contribution is 2.33. The van der Waals surface area contributed by atoms with Crippen LogP contribution in [0.3, 0.4) is 0 Å². The lowest BCUT2D eigenvalue weighted by molar-refractivity contribution is -0.139. The zero-order valence-electron chi connectivity index (χ0n) is 13.7. The Morgan fingerprint density at radius 1 is 0.778 bits per heavy atom. The van der Waals surface area contributed by atoms with E-state index in [0.29, 0.717) is 12.1 Å². The van der Waals surface area contributed by atoms with Crippen LogP contribution in [-0.2, 0) is 16.2 Å². The van der Waals surface area contributed by atoms with Crippen LogP contribution >= 0.6 is 0 Å². The fourth-order valence-electron chi connectivity index (χ4n) is 2.48. The molecule has 0 amide bonds. The quantitative estimate of drug-likeness (QED) is 0.609. The van der Waals surface area contributed by atoms with E-state index in [1.807, 2.05) is 35.1 Å². The van der Waals surface area contributed by atoms with Crippen LogP contribution in [0.25, 0.3) is 11.1 Å². The largest absolute Gasteiger partial charge is 0.419 e. The highest BCUT2D eigenvalue weighted by Gasteiger charge is 2.34. The van der Waals surface area contributed by atoms with E-state index >= 15 is 0 Å². The summed E-state index contributed by atoms with van der Waals surface area (Å²) in [6.45, 7) is 0. The molecule has 0 bridgehead atoms. The van der Waals surface area contributed by atoms with E-state index in [9.17, 15) is 26.0 Å². The molecule has 8 heteroatoms. The lowest BCUT2D eigenvalue weighted by atomic mass is 10.1. The molecule has 27 heavy (non-hydrogen) atoms. The van der Waals surface area contributed by atoms with Crippen molar-refractivity contribution in [2.45, 2.75) is 11.1 Å². The molecular weight excluding hydrogens is 382 g/mol. The minimum Gasteiger partial charge on any atom is -0.280 e. The smallest absolute Gasteiger partial charge is 0.280 e. The van der Waals surface area contributed by atoms with Gasteiger partial charge < -0.3 is 0 Å². The maximum absolute atomic E-state index is 13.3. The van der Waals surface area contributed by atoms with Gasteiger partial charge in [0.2, 0.25) is 0 Å². The number of anilines is 1. The molecule has 0 fully saturated rings. The van der Waals surface area contributed by atoms with E-state index in [2.05, 4.69) is 0 Å². The molecule has 3 aromatic rings. The molecule has 0 aliphatic heterocycles. The fourth-order valence-corrected chi connectivity index (χ4v) is 3.53. The lowest BCUT2D eigenvalue weighted by Gasteiger charge is -2.12. The second-order valence-electron chi connectivity index (χ2n) is 5.69. The highest BCUT2D eigenvalue weighted by atomic mass is 32.2. The van der Waals surface area contributed by atoms with Crippen molar-refractivity contribution in [1.82, 2.24) is 0 Å². The molecule has 0 aliphatic carbocycles. The first kappa shape index (κ1) is 18.9. The molecule has 0 aliphatic rings. The number of alkyl halides is 3. The van der Waals surface area contributed by atoms with Gasteiger partial charge in [-0.05, 0) is 41.5 Å². The number of nitrogens with one attached hydrogen (secondary N) is 1. The Kier molecular flexibility index (Phi) is 4.93. The van der Waals surface area contributed by atoms with Crippen molar-refractivity contribution in [3.05, 3.63) is 84.2 Å². The molecule has 0 aromatic heterocycles. The Morgan fingerprint density at radius 2 is 1.37 bits per heavy atom. The Hall–Kier alpha value is -2.87. The second-order valence-corrected chi connectivity index (χ2v) is 7.37. The molecule has 0 radical (unpaired) electrons. The van der Waals surface area contributed by atoms with Crippen LogP contribution in [0.4, 0.5) is 23.2 Å². The van der Waals surface area contributed by atoms with Gasteiger partial charge >= 0.3 is 6.18 Å². The topological polar surface area (TPSA) is 46.2 Å². The maximum atomic E-state index is 13.3. The van der Waals surface area contributed by atoms with E-state index in [1.54, 1.807) is 12.1 Å². The summed E-state index contributed by atoms with van der Waals surface area (Å²) < 4.78 is 78.5. The number of halogens is 4. The van der Waals surface area contributed by atoms with Crippen LogP contribution in [-0.4, -0.2) is 8.42 Å². The maximum Gasteiger partial charge on any atom is 0.419 e. The van der Waals surface area contributed by atoms with Gasteiger partial charge in [0.25, 0.3) is 10.0 Å². The molecule has 3 nitrogen and oxygen atoms in total. The first-order chi connectivity index (χ1) is 12.7. The van der Waals surface area contributed by atoms with Gasteiger partial charge in [-0.3, -0.25) is 4.72 Å². The number of hydrogen-bond acceptors (Lipinski definition) is 2. The zero-order chi connectivity index (χ0) is 19.7. The molecule has 0 saturated carbocycles. The number of rotatable bonds is 4. The summed E-state index contributed by atoms with van der Waals surface area (Å²) in [7, 11) is -4.13. The standard InChI is InChI=1S/C19H13F4NO2S/c20-18-11-8-15(12-17(18)19(21,22)23)24-27(25,26)16-9-6-14(7-10-16)13-4-2-1-3-5-13/h1-12,24H. The molecule has 140 valence electrons. The summed E-state index contributed by atoms with van der Waals surface area (Å²) in [4.78, 5) is -0.125. The molecule has 0 heterocycles. The first-order valence-corrected chi connectivity index (χ1v) is 9.20. The SMILES string of the molecule is O=S(=O)(Nc1ccc(F)c(C(F)(F)F)c1)c1ccc(-c2ccccc2)cc1. The summed E-state index contributed by atoms with van der Waals surface area (Å²) in [5.74, 6) is -1.47. The molecule has 0 spiro atoms. The molecule has 0 atom stereocenters. The van der Waals surface area contributed by atoms with Gasteiger partial charge in [0.15, 0.2) is 0 Å². The zero-order valence-corrected chi connectivity index (χ0v) is 14.5. The van der Waals surface area contributed by atoms with Crippen LogP contribution in [0.15, 0.2) is 77.7 Å². The first-order valence-electron chi connectivity index (χ1n) is 7.72. The number of benzene rings is 3. The summed E-state index contributed by atoms with van der Waals surface area (Å²) in [5, 5.41) is 0. The van der Waals surface area contributed by atoms with E-state index in [0.717, 1.165) is 17.2 Å². The third-order valence-corrected chi connectivity index (χ3v) is 5.19. The van der Waals surface area contributed by atoms with Gasteiger partial charge in [0.1, 0.15) is 5.82 Å². The third-order valence-electron chi connectivity index (χ3n) is 3.80. The summed E-state index contributed by atoms with van der Waals surface area (Å²) in [6.07, 6.45) is -4.93. The Labute approximate surface area is 153 Å². The van der Waals surface area contributed by atoms with Gasteiger partial charge in [-0.1, -0.05) is 42.5 Å². The normalized spacial score (nSPS) is 12.0. The van der Waals surface area contributed by atoms with Crippen molar-refractivity contribution in [1.29, 1.82) is 0 Å². The average Bonchev–Trinajstić information content (AvgIpc) is 2.63. The third kappa shape index (κ3) is 4.28. The van der Waals surface area contributed by atoms with Crippen molar-refractivity contribution in [3.63, 3.8) is 0 Å². The highest BCUT2D eigenvalue weighted by molar-refractivity contribution is 7.92. The Bertz CT molecular complexity index is 1050. The van der Waals surface area contributed by atoms with E-state index < -0.39 is 27.6 Å². The van der Waals surface area contributed by atoms with E-state index in [-0.39, 0.29) is 10.6 Å². The van der Waals surface area contributed by atoms with Gasteiger partial charge in [-0.15, -0.1) is 0 Å². The number of sulfonamides is 1. The molecule has 0 saturated heterocycles. The van der Waals surface area contributed by atoms with Crippen LogP contribution < -0.4 is 4.72 Å². The van der Waals surface area contributed by atoms with Gasteiger partial charge in [-0.25, -0.2) is 12.8 Å². The summed E-state index contributed by atoms with van der Waals surface area (Å²) >= 11 is 0. The lowest BCUT2D eigenvalue weighted by Crippen LogP contribution is -2.15. The van der Waals surface area contributed by atoms with Gasteiger partial charge in [0, 0.05) is 5.69 Å². The Morgan fingerprint density at radius 3 is 1.96 bits per heavy atom. The van der Waals surface area contributed by atoms with E-state index in [1.165, 1.54) is 12.1 Å². The van der Waals surface area contributed by atoms with Crippen LogP contribution in [0.5, 0.6) is 0 Å². The summed E-state index contributed by atoms with van der Waals surface area (Å²) in [6, 6.07) is 17.1. The molecular formula is C19H13F4NO2S. The average molecular weight is 395 g/mol. The predicted octanol–water partition coefficient (Wildman–Crippen LogP) is 5.31. The molecule has 3 rings (SSSR count). The Balaban J connectivity index is 1.87. The predicted molar refractivity (Wildman–Crippen MR) is 94.1 cm³/mol. The second kappa shape index (κ2) is 7.03. The van der Waals surface area contributed by atoms with Gasteiger partial charge in [-0.2, -0.15) is 13.2 Å². The molecule has 1 N–H and O–H groups in total. The fraction of sp³-hybridized carbons (Fsp3) is 0.0526. The minimum absolute atomic E-state index is 0.125. The van der Waals surface area contributed by atoms with Crippen LogP contribution in [0.2, 0.25) is 0 Å². The van der Waals surface area contributed by atoms with Crippen molar-refractivity contribution in [3.8, 4) is 11.1 Å². The van der Waals surface area contributed by atoms with Crippen molar-refractivity contribution >= 4 is 15.7 Å². The van der Waals surface area contributed by atoms with Crippen molar-refractivity contribution in [2.24, 2.45) is 0 Å². The monoisotopic (exact) mass is 395 g/mol. The molecule has 3 aromatic carbocycles. The van der Waals surface area contributed by atoms with Crippen LogP contribution in [0, 0.1) is 5.82 Å². The molecule has 0 unspecified atom stereocenters. The van der Waals surface area contributed by atoms with Crippen molar-refractivity contribution < 1.29 is 26.0 Å². The van der Waals surface area contributed by atoms with Crippen LogP contribution in [0.1, 0.15) is 5.56 Å². The van der Waals surface area contributed by atoms with Gasteiger partial charge in [0.05, 0.1) is 10.5 Å². The van der Waals surface area contributed by atoms with E-state index in [4.69, 9.17) is 0 Å². The number of hydrogen-bond donors (Lipinski definition) is 1. The summed E-state index contributed by atoms with van der Waals surface area (Å²) in [5.41, 5.74) is -0.239. The minimum atomic E-state index is -4.93.